The lowest BCUT2D eigenvalue weighted by Crippen LogP contribution is -2.26. The Morgan fingerprint density at radius 3 is 2.67 bits per heavy atom. The highest BCUT2D eigenvalue weighted by Gasteiger charge is 2.06. The van der Waals surface area contributed by atoms with Crippen LogP contribution < -0.4 is 5.32 Å². The summed E-state index contributed by atoms with van der Waals surface area (Å²) in [6.07, 6.45) is 3.40. The van der Waals surface area contributed by atoms with Crippen LogP contribution in [0.3, 0.4) is 0 Å². The molecule has 0 aliphatic heterocycles. The van der Waals surface area contributed by atoms with Gasteiger partial charge in [-0.1, -0.05) is 6.08 Å². The Balaban J connectivity index is 3.39. The number of ether oxygens (including phenoxy) is 1. The van der Waals surface area contributed by atoms with Gasteiger partial charge in [0.15, 0.2) is 0 Å². The average molecular weight is 221 g/mol. The normalized spacial score (nSPS) is 13.1. The maximum atomic E-state index is 11.7. The molecule has 0 aromatic carbocycles. The molecular formula is C11H21F2NO. The molecule has 1 unspecified atom stereocenters. The first-order valence-corrected chi connectivity index (χ1v) is 5.34. The van der Waals surface area contributed by atoms with E-state index in [2.05, 4.69) is 11.9 Å². The van der Waals surface area contributed by atoms with E-state index in [0.29, 0.717) is 12.6 Å². The molecule has 0 fully saturated rings. The Labute approximate surface area is 90.7 Å². The molecule has 15 heavy (non-hydrogen) atoms. The molecule has 0 amide bonds. The Bertz CT molecular complexity index is 154. The highest BCUT2D eigenvalue weighted by Crippen LogP contribution is 2.05. The van der Waals surface area contributed by atoms with Crippen molar-refractivity contribution >= 4 is 0 Å². The maximum Gasteiger partial charge on any atom is 0.261 e. The lowest BCUT2D eigenvalue weighted by Gasteiger charge is -2.15. The van der Waals surface area contributed by atoms with Gasteiger partial charge in [-0.05, 0) is 32.7 Å². The van der Waals surface area contributed by atoms with Crippen LogP contribution in [0.5, 0.6) is 0 Å². The van der Waals surface area contributed by atoms with E-state index >= 15 is 0 Å². The third-order valence-electron chi connectivity index (χ3n) is 2.22. The summed E-state index contributed by atoms with van der Waals surface area (Å²) in [4.78, 5) is 0. The standard InChI is InChI=1S/C11H21F2NO/c1-3-4-5-6-10(14-2)7-8-15-9-11(12)13/h3,10-11,14H,1,4-9H2,2H3. The SMILES string of the molecule is C=CCCCC(CCOCC(F)F)NC. The molecule has 90 valence electrons. The number of hydrogen-bond acceptors (Lipinski definition) is 2. The molecule has 0 saturated heterocycles. The highest BCUT2D eigenvalue weighted by molar-refractivity contribution is 4.70. The first-order valence-electron chi connectivity index (χ1n) is 5.34. The molecule has 1 N–H and O–H groups in total. The molecule has 0 aromatic rings. The predicted molar refractivity (Wildman–Crippen MR) is 58.3 cm³/mol. The van der Waals surface area contributed by atoms with E-state index in [0.717, 1.165) is 25.7 Å². The number of allylic oxidation sites excluding steroid dienone is 1. The monoisotopic (exact) mass is 221 g/mol. The van der Waals surface area contributed by atoms with Crippen molar-refractivity contribution in [3.8, 4) is 0 Å². The summed E-state index contributed by atoms with van der Waals surface area (Å²) in [6.45, 7) is 3.59. The van der Waals surface area contributed by atoms with Crippen LogP contribution in [0, 0.1) is 0 Å². The third kappa shape index (κ3) is 9.82. The molecule has 0 aliphatic carbocycles. The molecular weight excluding hydrogens is 200 g/mol. The molecule has 0 rings (SSSR count). The van der Waals surface area contributed by atoms with Gasteiger partial charge in [-0.2, -0.15) is 0 Å². The molecule has 2 nitrogen and oxygen atoms in total. The van der Waals surface area contributed by atoms with Gasteiger partial charge < -0.3 is 10.1 Å². The van der Waals surface area contributed by atoms with Crippen LogP contribution in [-0.4, -0.2) is 32.7 Å². The van der Waals surface area contributed by atoms with Crippen LogP contribution >= 0.6 is 0 Å². The van der Waals surface area contributed by atoms with Gasteiger partial charge in [0.2, 0.25) is 0 Å². The fourth-order valence-electron chi connectivity index (χ4n) is 1.34. The molecule has 0 aromatic heterocycles. The van der Waals surface area contributed by atoms with Gasteiger partial charge in [0, 0.05) is 12.6 Å². The number of halogens is 2. The van der Waals surface area contributed by atoms with Crippen molar-refractivity contribution in [3.05, 3.63) is 12.7 Å². The van der Waals surface area contributed by atoms with E-state index < -0.39 is 13.0 Å². The Morgan fingerprint density at radius 2 is 2.13 bits per heavy atom. The fourth-order valence-corrected chi connectivity index (χ4v) is 1.34. The average Bonchev–Trinajstić information content (AvgIpc) is 2.21. The van der Waals surface area contributed by atoms with Crippen LogP contribution in [-0.2, 0) is 4.74 Å². The minimum atomic E-state index is -2.36. The largest absolute Gasteiger partial charge is 0.375 e. The molecule has 4 heteroatoms. The van der Waals surface area contributed by atoms with Gasteiger partial charge in [-0.15, -0.1) is 6.58 Å². The van der Waals surface area contributed by atoms with Crippen LogP contribution in [0.4, 0.5) is 8.78 Å². The van der Waals surface area contributed by atoms with Crippen molar-refractivity contribution in [1.29, 1.82) is 0 Å². The summed E-state index contributed by atoms with van der Waals surface area (Å²) < 4.78 is 28.3. The number of alkyl halides is 2. The second-order valence-electron chi connectivity index (χ2n) is 3.46. The number of rotatable bonds is 10. The fraction of sp³-hybridized carbons (Fsp3) is 0.818. The first-order chi connectivity index (χ1) is 7.20. The summed E-state index contributed by atoms with van der Waals surface area (Å²) in [5, 5.41) is 3.15. The summed E-state index contributed by atoms with van der Waals surface area (Å²) in [5.41, 5.74) is 0. The van der Waals surface area contributed by atoms with E-state index in [1.165, 1.54) is 0 Å². The topological polar surface area (TPSA) is 21.3 Å². The molecule has 0 aliphatic rings. The van der Waals surface area contributed by atoms with E-state index in [1.54, 1.807) is 0 Å². The number of unbranched alkanes of at least 4 members (excludes halogenated alkanes) is 1. The zero-order valence-corrected chi connectivity index (χ0v) is 9.35. The predicted octanol–water partition coefficient (Wildman–Crippen LogP) is 2.60. The minimum Gasteiger partial charge on any atom is -0.375 e. The third-order valence-corrected chi connectivity index (χ3v) is 2.22. The Morgan fingerprint density at radius 1 is 1.40 bits per heavy atom. The summed E-state index contributed by atoms with van der Waals surface area (Å²) in [5.74, 6) is 0. The quantitative estimate of drug-likeness (QED) is 0.452. The second-order valence-corrected chi connectivity index (χ2v) is 3.46. The summed E-state index contributed by atoms with van der Waals surface area (Å²) in [7, 11) is 1.88. The zero-order chi connectivity index (χ0) is 11.5. The zero-order valence-electron chi connectivity index (χ0n) is 9.35. The summed E-state index contributed by atoms with van der Waals surface area (Å²) >= 11 is 0. The van der Waals surface area contributed by atoms with Gasteiger partial charge in [-0.3, -0.25) is 0 Å². The molecule has 0 radical (unpaired) electrons. The van der Waals surface area contributed by atoms with Gasteiger partial charge in [0.25, 0.3) is 6.43 Å². The Hall–Kier alpha value is -0.480. The van der Waals surface area contributed by atoms with Gasteiger partial charge >= 0.3 is 0 Å². The van der Waals surface area contributed by atoms with Crippen molar-refractivity contribution in [2.24, 2.45) is 0 Å². The maximum absolute atomic E-state index is 11.7. The lowest BCUT2D eigenvalue weighted by molar-refractivity contribution is 0.0143. The van der Waals surface area contributed by atoms with E-state index in [4.69, 9.17) is 4.74 Å². The van der Waals surface area contributed by atoms with Gasteiger partial charge in [0.1, 0.15) is 6.61 Å². The van der Waals surface area contributed by atoms with Crippen molar-refractivity contribution in [3.63, 3.8) is 0 Å². The molecule has 0 bridgehead atoms. The van der Waals surface area contributed by atoms with Crippen LogP contribution in [0.2, 0.25) is 0 Å². The van der Waals surface area contributed by atoms with E-state index in [-0.39, 0.29) is 0 Å². The molecule has 0 heterocycles. The van der Waals surface area contributed by atoms with Gasteiger partial charge in [0.05, 0.1) is 0 Å². The van der Waals surface area contributed by atoms with Crippen LogP contribution in [0.25, 0.3) is 0 Å². The second kappa shape index (κ2) is 10.1. The number of nitrogens with one attached hydrogen (secondary N) is 1. The number of hydrogen-bond donors (Lipinski definition) is 1. The van der Waals surface area contributed by atoms with E-state index in [9.17, 15) is 8.78 Å². The van der Waals surface area contributed by atoms with E-state index in [1.807, 2.05) is 13.1 Å². The first kappa shape index (κ1) is 14.5. The van der Waals surface area contributed by atoms with Crippen molar-refractivity contribution < 1.29 is 13.5 Å². The molecule has 1 atom stereocenters. The Kier molecular flexibility index (Phi) is 9.73. The lowest BCUT2D eigenvalue weighted by atomic mass is 10.1. The van der Waals surface area contributed by atoms with Crippen molar-refractivity contribution in [1.82, 2.24) is 5.32 Å². The van der Waals surface area contributed by atoms with Crippen molar-refractivity contribution in [2.75, 3.05) is 20.3 Å². The van der Waals surface area contributed by atoms with Crippen molar-refractivity contribution in [2.45, 2.75) is 38.2 Å². The molecule has 0 spiro atoms. The highest BCUT2D eigenvalue weighted by atomic mass is 19.3. The van der Waals surface area contributed by atoms with Crippen LogP contribution in [0.15, 0.2) is 12.7 Å². The molecule has 0 saturated carbocycles. The minimum absolute atomic E-state index is 0.350. The van der Waals surface area contributed by atoms with Gasteiger partial charge in [-0.25, -0.2) is 8.78 Å². The smallest absolute Gasteiger partial charge is 0.261 e. The van der Waals surface area contributed by atoms with Crippen LogP contribution in [0.1, 0.15) is 25.7 Å². The summed E-state index contributed by atoms with van der Waals surface area (Å²) in [6, 6.07) is 0.350.